The summed E-state index contributed by atoms with van der Waals surface area (Å²) in [5.41, 5.74) is 9.48. The Morgan fingerprint density at radius 1 is 0.822 bits per heavy atom. The highest BCUT2D eigenvalue weighted by Crippen LogP contribution is 2.35. The zero-order valence-electron chi connectivity index (χ0n) is 24.1. The number of benzene rings is 4. The van der Waals surface area contributed by atoms with Crippen molar-refractivity contribution in [3.05, 3.63) is 125 Å². The lowest BCUT2D eigenvalue weighted by Crippen LogP contribution is -2.28. The highest BCUT2D eigenvalue weighted by molar-refractivity contribution is 5.98. The van der Waals surface area contributed by atoms with Gasteiger partial charge in [-0.2, -0.15) is 5.10 Å². The number of methoxy groups -OCH3 is 1. The zero-order valence-corrected chi connectivity index (χ0v) is 24.1. The van der Waals surface area contributed by atoms with E-state index in [9.17, 15) is 9.18 Å². The summed E-state index contributed by atoms with van der Waals surface area (Å²) in [7, 11) is 1.38. The smallest absolute Gasteiger partial charge is 0.269 e. The predicted molar refractivity (Wildman–Crippen MR) is 168 cm³/mol. The fourth-order valence-electron chi connectivity index (χ4n) is 5.56. The van der Waals surface area contributed by atoms with Gasteiger partial charge in [0, 0.05) is 5.56 Å². The van der Waals surface area contributed by atoms with E-state index in [1.165, 1.54) is 42.3 Å². The molecule has 0 saturated carbocycles. The number of hydrogen-bond acceptors (Lipinski definition) is 7. The second-order valence-electron chi connectivity index (χ2n) is 10.4. The minimum atomic E-state index is -0.729. The summed E-state index contributed by atoms with van der Waals surface area (Å²) in [5.74, 6) is -0.749. The van der Waals surface area contributed by atoms with Gasteiger partial charge in [0.2, 0.25) is 0 Å². The highest BCUT2D eigenvalue weighted by atomic mass is 19.1. The number of nitrogen functional groups attached to an aromatic ring is 1. The minimum absolute atomic E-state index is 0.0787. The molecule has 11 heteroatoms. The molecule has 1 unspecified atom stereocenters. The van der Waals surface area contributed by atoms with Gasteiger partial charge in [0.1, 0.15) is 40.9 Å². The molecule has 0 radical (unpaired) electrons. The Morgan fingerprint density at radius 3 is 2.29 bits per heavy atom. The van der Waals surface area contributed by atoms with E-state index in [1.807, 2.05) is 42.5 Å². The maximum atomic E-state index is 15.1. The maximum absolute atomic E-state index is 15.1. The van der Waals surface area contributed by atoms with Crippen LogP contribution in [0.4, 0.5) is 14.6 Å². The van der Waals surface area contributed by atoms with Gasteiger partial charge < -0.3 is 10.5 Å². The van der Waals surface area contributed by atoms with Crippen LogP contribution in [0.15, 0.2) is 102 Å². The molecule has 3 heterocycles. The average Bonchev–Trinajstić information content (AvgIpc) is 3.46. The SMILES string of the molecule is COc1ccc(-c2nn(C(C)c3nc4cccc(F)c4c(=O)n3-c3ccc(-c4ccccc4)cc3)c3ncnc(N)c23)cc1F. The van der Waals surface area contributed by atoms with E-state index < -0.39 is 23.2 Å². The zero-order chi connectivity index (χ0) is 31.2. The van der Waals surface area contributed by atoms with E-state index in [2.05, 4.69) is 9.97 Å². The summed E-state index contributed by atoms with van der Waals surface area (Å²) in [5, 5.41) is 5.08. The molecule has 222 valence electrons. The van der Waals surface area contributed by atoms with Crippen molar-refractivity contribution in [1.29, 1.82) is 0 Å². The molecule has 7 aromatic rings. The Balaban J connectivity index is 1.45. The molecule has 2 N–H and O–H groups in total. The Hall–Kier alpha value is -5.97. The summed E-state index contributed by atoms with van der Waals surface area (Å²) in [6.45, 7) is 1.80. The van der Waals surface area contributed by atoms with Crippen molar-refractivity contribution in [2.75, 3.05) is 12.8 Å². The quantitative estimate of drug-likeness (QED) is 0.237. The van der Waals surface area contributed by atoms with Crippen molar-refractivity contribution in [1.82, 2.24) is 29.3 Å². The molecule has 0 fully saturated rings. The number of halogens is 2. The van der Waals surface area contributed by atoms with E-state index in [-0.39, 0.29) is 28.3 Å². The van der Waals surface area contributed by atoms with Gasteiger partial charge in [-0.25, -0.2) is 28.4 Å². The first-order valence-corrected chi connectivity index (χ1v) is 14.1. The van der Waals surface area contributed by atoms with Crippen LogP contribution in [0, 0.1) is 11.6 Å². The van der Waals surface area contributed by atoms with Crippen molar-refractivity contribution in [3.63, 3.8) is 0 Å². The summed E-state index contributed by atoms with van der Waals surface area (Å²) >= 11 is 0. The largest absolute Gasteiger partial charge is 0.494 e. The van der Waals surface area contributed by atoms with Crippen LogP contribution in [0.1, 0.15) is 18.8 Å². The van der Waals surface area contributed by atoms with Gasteiger partial charge in [0.15, 0.2) is 17.2 Å². The van der Waals surface area contributed by atoms with Gasteiger partial charge in [-0.05, 0) is 60.5 Å². The van der Waals surface area contributed by atoms with E-state index in [1.54, 1.807) is 35.9 Å². The molecule has 4 aromatic carbocycles. The summed E-state index contributed by atoms with van der Waals surface area (Å²) in [6.07, 6.45) is 1.31. The number of nitrogens with zero attached hydrogens (tertiary/aromatic N) is 6. The second-order valence-corrected chi connectivity index (χ2v) is 10.4. The van der Waals surface area contributed by atoms with Gasteiger partial charge in [-0.3, -0.25) is 9.36 Å². The first kappa shape index (κ1) is 27.8. The van der Waals surface area contributed by atoms with Crippen LogP contribution in [-0.2, 0) is 0 Å². The number of aromatic nitrogens is 6. The fourth-order valence-corrected chi connectivity index (χ4v) is 5.56. The molecule has 0 bridgehead atoms. The lowest BCUT2D eigenvalue weighted by Gasteiger charge is -2.20. The van der Waals surface area contributed by atoms with Gasteiger partial charge in [0.05, 0.1) is 23.7 Å². The van der Waals surface area contributed by atoms with Crippen LogP contribution in [-0.4, -0.2) is 36.4 Å². The predicted octanol–water partition coefficient (Wildman–Crippen LogP) is 6.34. The lowest BCUT2D eigenvalue weighted by atomic mass is 10.1. The van der Waals surface area contributed by atoms with E-state index >= 15 is 4.39 Å². The van der Waals surface area contributed by atoms with Crippen molar-refractivity contribution >= 4 is 27.8 Å². The molecular weight excluding hydrogens is 576 g/mol. The van der Waals surface area contributed by atoms with Crippen molar-refractivity contribution < 1.29 is 13.5 Å². The van der Waals surface area contributed by atoms with Gasteiger partial charge >= 0.3 is 0 Å². The Bertz CT molecular complexity index is 2280. The molecule has 0 aliphatic rings. The lowest BCUT2D eigenvalue weighted by molar-refractivity contribution is 0.386. The number of fused-ring (bicyclic) bond motifs is 2. The average molecular weight is 602 g/mol. The van der Waals surface area contributed by atoms with E-state index in [4.69, 9.17) is 20.6 Å². The van der Waals surface area contributed by atoms with Crippen LogP contribution >= 0.6 is 0 Å². The summed E-state index contributed by atoms with van der Waals surface area (Å²) < 4.78 is 37.9. The molecule has 0 saturated heterocycles. The van der Waals surface area contributed by atoms with E-state index in [0.29, 0.717) is 28.0 Å². The maximum Gasteiger partial charge on any atom is 0.269 e. The third-order valence-corrected chi connectivity index (χ3v) is 7.79. The van der Waals surface area contributed by atoms with Crippen LogP contribution in [0.3, 0.4) is 0 Å². The molecule has 9 nitrogen and oxygen atoms in total. The molecule has 0 amide bonds. The van der Waals surface area contributed by atoms with Gasteiger partial charge in [0.25, 0.3) is 5.56 Å². The number of hydrogen-bond donors (Lipinski definition) is 1. The highest BCUT2D eigenvalue weighted by Gasteiger charge is 2.26. The van der Waals surface area contributed by atoms with E-state index in [0.717, 1.165) is 11.1 Å². The summed E-state index contributed by atoms with van der Waals surface area (Å²) in [4.78, 5) is 27.4. The summed E-state index contributed by atoms with van der Waals surface area (Å²) in [6, 6.07) is 25.2. The first-order chi connectivity index (χ1) is 21.9. The Labute approximate surface area is 255 Å². The first-order valence-electron chi connectivity index (χ1n) is 14.1. The van der Waals surface area contributed by atoms with Gasteiger partial charge in [-0.15, -0.1) is 0 Å². The molecule has 1 atom stereocenters. The molecule has 0 spiro atoms. The molecule has 3 aromatic heterocycles. The van der Waals surface area contributed by atoms with Gasteiger partial charge in [-0.1, -0.05) is 48.5 Å². The monoisotopic (exact) mass is 601 g/mol. The van der Waals surface area contributed by atoms with Crippen LogP contribution in [0.2, 0.25) is 0 Å². The number of anilines is 1. The number of rotatable bonds is 6. The molecule has 7 rings (SSSR count). The van der Waals surface area contributed by atoms with Crippen molar-refractivity contribution in [2.24, 2.45) is 0 Å². The topological polar surface area (TPSA) is 114 Å². The van der Waals surface area contributed by atoms with Crippen molar-refractivity contribution in [3.8, 4) is 33.8 Å². The van der Waals surface area contributed by atoms with Crippen LogP contribution < -0.4 is 16.0 Å². The second kappa shape index (κ2) is 10.9. The molecule has 45 heavy (non-hydrogen) atoms. The van der Waals surface area contributed by atoms with Crippen molar-refractivity contribution in [2.45, 2.75) is 13.0 Å². The molecular formula is C34H25F2N7O2. The Morgan fingerprint density at radius 2 is 1.56 bits per heavy atom. The van der Waals surface area contributed by atoms with Crippen LogP contribution in [0.5, 0.6) is 5.75 Å². The standard InChI is InChI=1S/C34H25F2N7O2/c1-19(43-33-29(31(37)38-18-39-33)30(41-43)22-13-16-27(45-2)25(36)17-22)32-40-26-10-6-9-24(35)28(26)34(44)42(32)23-14-11-21(12-15-23)20-7-4-3-5-8-20/h3-19H,1-2H3,(H2,37,38,39). The third kappa shape index (κ3) is 4.65. The fraction of sp³-hybridized carbons (Fsp3) is 0.0882. The van der Waals surface area contributed by atoms with Crippen LogP contribution in [0.25, 0.3) is 50.0 Å². The Kier molecular flexibility index (Phi) is 6.77. The minimum Gasteiger partial charge on any atom is -0.494 e. The molecule has 0 aliphatic heterocycles. The number of nitrogens with two attached hydrogens (primary N) is 1. The third-order valence-electron chi connectivity index (χ3n) is 7.79. The number of ether oxygens (including phenoxy) is 1. The molecule has 0 aliphatic carbocycles. The normalized spacial score (nSPS) is 12.1.